The highest BCUT2D eigenvalue weighted by molar-refractivity contribution is 7.92. The van der Waals surface area contributed by atoms with E-state index in [0.29, 0.717) is 5.69 Å². The lowest BCUT2D eigenvalue weighted by atomic mass is 10.3. The van der Waals surface area contributed by atoms with E-state index in [1.54, 1.807) is 24.3 Å². The number of hydrogen-bond acceptors (Lipinski definition) is 4. The SMILES string of the molecule is N#CC1CNc2ccccc2S1(=O)=O. The molecule has 0 spiro atoms. The lowest BCUT2D eigenvalue weighted by Gasteiger charge is -2.21. The number of benzene rings is 1. The molecule has 0 radical (unpaired) electrons. The van der Waals surface area contributed by atoms with Crippen LogP contribution in [0.3, 0.4) is 0 Å². The van der Waals surface area contributed by atoms with Crippen LogP contribution in [0.15, 0.2) is 29.2 Å². The number of hydrogen-bond donors (Lipinski definition) is 1. The minimum Gasteiger partial charge on any atom is -0.382 e. The molecule has 1 aromatic rings. The highest BCUT2D eigenvalue weighted by Crippen LogP contribution is 2.28. The van der Waals surface area contributed by atoms with E-state index in [-0.39, 0.29) is 11.4 Å². The first-order valence-corrected chi connectivity index (χ1v) is 5.67. The normalized spacial score (nSPS) is 22.9. The van der Waals surface area contributed by atoms with Gasteiger partial charge in [0.2, 0.25) is 0 Å². The molecule has 0 fully saturated rings. The Morgan fingerprint density at radius 3 is 2.86 bits per heavy atom. The van der Waals surface area contributed by atoms with Gasteiger partial charge in [0, 0.05) is 6.54 Å². The third kappa shape index (κ3) is 1.16. The van der Waals surface area contributed by atoms with E-state index in [1.165, 1.54) is 6.07 Å². The maximum atomic E-state index is 11.8. The topological polar surface area (TPSA) is 70.0 Å². The molecule has 72 valence electrons. The van der Waals surface area contributed by atoms with Gasteiger partial charge in [-0.25, -0.2) is 8.42 Å². The Morgan fingerprint density at radius 1 is 1.43 bits per heavy atom. The summed E-state index contributed by atoms with van der Waals surface area (Å²) in [5.41, 5.74) is 0.582. The molecule has 0 aliphatic carbocycles. The predicted octanol–water partition coefficient (Wildman–Crippen LogP) is 0.778. The first-order valence-electron chi connectivity index (χ1n) is 4.12. The molecule has 1 aliphatic heterocycles. The summed E-state index contributed by atoms with van der Waals surface area (Å²) in [7, 11) is -3.46. The molecular formula is C9H8N2O2S. The first-order chi connectivity index (χ1) is 6.66. The predicted molar refractivity (Wildman–Crippen MR) is 51.5 cm³/mol. The van der Waals surface area contributed by atoms with Crippen LogP contribution in [0.4, 0.5) is 5.69 Å². The smallest absolute Gasteiger partial charge is 0.198 e. The van der Waals surface area contributed by atoms with E-state index < -0.39 is 15.1 Å². The highest BCUT2D eigenvalue weighted by Gasteiger charge is 2.33. The monoisotopic (exact) mass is 208 g/mol. The quantitative estimate of drug-likeness (QED) is 0.684. The second-order valence-electron chi connectivity index (χ2n) is 3.04. The van der Waals surface area contributed by atoms with Gasteiger partial charge in [-0.05, 0) is 12.1 Å². The van der Waals surface area contributed by atoms with Gasteiger partial charge in [0.05, 0.1) is 16.7 Å². The molecule has 1 heterocycles. The lowest BCUT2D eigenvalue weighted by molar-refractivity contribution is 0.588. The molecule has 0 aromatic heterocycles. The molecular weight excluding hydrogens is 200 g/mol. The van der Waals surface area contributed by atoms with Gasteiger partial charge in [-0.15, -0.1) is 0 Å². The number of rotatable bonds is 0. The van der Waals surface area contributed by atoms with Gasteiger partial charge in [-0.3, -0.25) is 0 Å². The molecule has 0 saturated carbocycles. The Hall–Kier alpha value is -1.54. The summed E-state index contributed by atoms with van der Waals surface area (Å²) in [6, 6.07) is 8.40. The highest BCUT2D eigenvalue weighted by atomic mass is 32.2. The molecule has 1 aromatic carbocycles. The minimum atomic E-state index is -3.46. The summed E-state index contributed by atoms with van der Waals surface area (Å²) in [5.74, 6) is 0. The molecule has 1 unspecified atom stereocenters. The van der Waals surface area contributed by atoms with Gasteiger partial charge < -0.3 is 5.32 Å². The van der Waals surface area contributed by atoms with Crippen LogP contribution >= 0.6 is 0 Å². The molecule has 1 aliphatic rings. The van der Waals surface area contributed by atoms with Crippen molar-refractivity contribution in [2.45, 2.75) is 10.1 Å². The number of nitrogens with zero attached hydrogens (tertiary/aromatic N) is 1. The van der Waals surface area contributed by atoms with Crippen molar-refractivity contribution in [1.82, 2.24) is 0 Å². The van der Waals surface area contributed by atoms with Crippen molar-refractivity contribution in [2.24, 2.45) is 0 Å². The summed E-state index contributed by atoms with van der Waals surface area (Å²) < 4.78 is 23.5. The fourth-order valence-corrected chi connectivity index (χ4v) is 2.90. The molecule has 0 saturated heterocycles. The van der Waals surface area contributed by atoms with Crippen LogP contribution in [0, 0.1) is 11.3 Å². The third-order valence-corrected chi connectivity index (χ3v) is 4.18. The zero-order valence-corrected chi connectivity index (χ0v) is 8.08. The molecule has 2 rings (SSSR count). The largest absolute Gasteiger partial charge is 0.382 e. The van der Waals surface area contributed by atoms with Crippen molar-refractivity contribution in [1.29, 1.82) is 5.26 Å². The summed E-state index contributed by atoms with van der Waals surface area (Å²) in [6.07, 6.45) is 0. The van der Waals surface area contributed by atoms with Gasteiger partial charge in [-0.2, -0.15) is 5.26 Å². The average Bonchev–Trinajstić information content (AvgIpc) is 2.18. The van der Waals surface area contributed by atoms with Gasteiger partial charge in [0.25, 0.3) is 0 Å². The van der Waals surface area contributed by atoms with Crippen molar-refractivity contribution >= 4 is 15.5 Å². The molecule has 0 bridgehead atoms. The van der Waals surface area contributed by atoms with Crippen LogP contribution in [-0.2, 0) is 9.84 Å². The standard InChI is InChI=1S/C9H8N2O2S/c10-5-7-6-11-8-3-1-2-4-9(8)14(7,12)13/h1-4,7,11H,6H2. The molecule has 4 nitrogen and oxygen atoms in total. The first kappa shape index (κ1) is 9.03. The van der Waals surface area contributed by atoms with Crippen molar-refractivity contribution < 1.29 is 8.42 Å². The van der Waals surface area contributed by atoms with E-state index in [2.05, 4.69) is 5.32 Å². The number of nitrogens with one attached hydrogen (secondary N) is 1. The average molecular weight is 208 g/mol. The third-order valence-electron chi connectivity index (χ3n) is 2.19. The van der Waals surface area contributed by atoms with Gasteiger partial charge in [-0.1, -0.05) is 12.1 Å². The van der Waals surface area contributed by atoms with Crippen LogP contribution < -0.4 is 5.32 Å². The number of sulfone groups is 1. The molecule has 1 N–H and O–H groups in total. The Labute approximate surface area is 82.1 Å². The van der Waals surface area contributed by atoms with Crippen LogP contribution in [-0.4, -0.2) is 20.2 Å². The zero-order valence-electron chi connectivity index (χ0n) is 7.27. The zero-order chi connectivity index (χ0) is 10.2. The van der Waals surface area contributed by atoms with Crippen LogP contribution in [0.2, 0.25) is 0 Å². The van der Waals surface area contributed by atoms with Crippen molar-refractivity contribution in [3.8, 4) is 6.07 Å². The van der Waals surface area contributed by atoms with E-state index in [9.17, 15) is 8.42 Å². The summed E-state index contributed by atoms with van der Waals surface area (Å²) in [5, 5.41) is 10.6. The van der Waals surface area contributed by atoms with Crippen LogP contribution in [0.25, 0.3) is 0 Å². The van der Waals surface area contributed by atoms with Crippen LogP contribution in [0.1, 0.15) is 0 Å². The van der Waals surface area contributed by atoms with Crippen molar-refractivity contribution in [2.75, 3.05) is 11.9 Å². The van der Waals surface area contributed by atoms with Crippen molar-refractivity contribution in [3.05, 3.63) is 24.3 Å². The Morgan fingerprint density at radius 2 is 2.14 bits per heavy atom. The maximum absolute atomic E-state index is 11.8. The molecule has 14 heavy (non-hydrogen) atoms. The summed E-state index contributed by atoms with van der Waals surface area (Å²) in [6.45, 7) is 0.163. The molecule has 5 heteroatoms. The number of nitriles is 1. The fraction of sp³-hybridized carbons (Fsp3) is 0.222. The van der Waals surface area contributed by atoms with Crippen LogP contribution in [0.5, 0.6) is 0 Å². The Bertz CT molecular complexity index is 502. The van der Waals surface area contributed by atoms with Gasteiger partial charge in [0.1, 0.15) is 0 Å². The van der Waals surface area contributed by atoms with Gasteiger partial charge >= 0.3 is 0 Å². The number of anilines is 1. The number of para-hydroxylation sites is 1. The lowest BCUT2D eigenvalue weighted by Crippen LogP contribution is -2.33. The molecule has 0 amide bonds. The minimum absolute atomic E-state index is 0.163. The summed E-state index contributed by atoms with van der Waals surface area (Å²) >= 11 is 0. The number of fused-ring (bicyclic) bond motifs is 1. The maximum Gasteiger partial charge on any atom is 0.198 e. The van der Waals surface area contributed by atoms with E-state index in [4.69, 9.17) is 5.26 Å². The fourth-order valence-electron chi connectivity index (χ4n) is 1.44. The second-order valence-corrected chi connectivity index (χ2v) is 5.14. The van der Waals surface area contributed by atoms with E-state index in [1.807, 2.05) is 0 Å². The Balaban J connectivity index is 2.65. The van der Waals surface area contributed by atoms with Gasteiger partial charge in [0.15, 0.2) is 15.1 Å². The van der Waals surface area contributed by atoms with Crippen molar-refractivity contribution in [3.63, 3.8) is 0 Å². The molecule has 1 atom stereocenters. The Kier molecular flexibility index (Phi) is 1.93. The second kappa shape index (κ2) is 3.00. The summed E-state index contributed by atoms with van der Waals surface area (Å²) in [4.78, 5) is 0.220. The van der Waals surface area contributed by atoms with E-state index in [0.717, 1.165) is 0 Å². The van der Waals surface area contributed by atoms with E-state index >= 15 is 0 Å².